The lowest BCUT2D eigenvalue weighted by Crippen LogP contribution is -2.36. The predicted octanol–water partition coefficient (Wildman–Crippen LogP) is 8.64. The number of carbonyl (C=O) groups excluding carboxylic acids is 1. The molecule has 2 aliphatic carbocycles. The lowest BCUT2D eigenvalue weighted by Gasteiger charge is -2.30. The molecule has 1 N–H and O–H groups in total. The van der Waals surface area contributed by atoms with Gasteiger partial charge in [-0.1, -0.05) is 70.8 Å². The first-order chi connectivity index (χ1) is 24.0. The van der Waals surface area contributed by atoms with Gasteiger partial charge in [-0.25, -0.2) is 4.79 Å². The summed E-state index contributed by atoms with van der Waals surface area (Å²) in [4.78, 5) is 23.3. The van der Waals surface area contributed by atoms with E-state index in [9.17, 15) is 4.79 Å². The van der Waals surface area contributed by atoms with Crippen molar-refractivity contribution in [2.75, 3.05) is 32.8 Å². The number of halogens is 2. The van der Waals surface area contributed by atoms with Gasteiger partial charge in [0.05, 0.1) is 18.0 Å². The van der Waals surface area contributed by atoms with Crippen LogP contribution in [0.25, 0.3) is 0 Å². The van der Waals surface area contributed by atoms with Crippen LogP contribution in [-0.4, -0.2) is 53.7 Å². The number of fused-ring (bicyclic) bond motifs is 4. The quantitative estimate of drug-likeness (QED) is 0.218. The molecule has 4 heterocycles. The van der Waals surface area contributed by atoms with Gasteiger partial charge in [0, 0.05) is 53.9 Å². The molecule has 0 spiro atoms. The van der Waals surface area contributed by atoms with Crippen LogP contribution >= 0.6 is 23.2 Å². The summed E-state index contributed by atoms with van der Waals surface area (Å²) in [6, 6.07) is 21.0. The highest BCUT2D eigenvalue weighted by Gasteiger charge is 2.31. The molecule has 252 valence electrons. The van der Waals surface area contributed by atoms with E-state index < -0.39 is 0 Å². The zero-order valence-corrected chi connectivity index (χ0v) is 29.4. The van der Waals surface area contributed by atoms with Crippen molar-refractivity contribution in [1.82, 2.24) is 20.2 Å². The lowest BCUT2D eigenvalue weighted by molar-refractivity contribution is 0.110. The van der Waals surface area contributed by atoms with Crippen LogP contribution in [0, 0.1) is 0 Å². The van der Waals surface area contributed by atoms with E-state index in [2.05, 4.69) is 59.9 Å². The number of hydrogen-bond donors (Lipinski definition) is 1. The van der Waals surface area contributed by atoms with Crippen molar-refractivity contribution in [2.45, 2.75) is 57.3 Å². The number of ether oxygens (including phenoxy) is 1. The fourth-order valence-corrected chi connectivity index (χ4v) is 8.19. The molecule has 8 rings (SSSR count). The third-order valence-electron chi connectivity index (χ3n) is 10.2. The maximum absolute atomic E-state index is 12.0. The fourth-order valence-electron chi connectivity index (χ4n) is 7.80. The van der Waals surface area contributed by atoms with Gasteiger partial charge in [0.15, 0.2) is 0 Å². The Balaban J connectivity index is 0.000000157. The molecule has 0 bridgehead atoms. The minimum Gasteiger partial charge on any atom is -0.450 e. The summed E-state index contributed by atoms with van der Waals surface area (Å²) in [5.41, 5.74) is 13.2. The standard InChI is InChI=1S/C22H23ClN2O2.C19H19ClN2/c1-2-27-22(26)25-12-9-15(10-13-25)20-19-8-7-18(23)14-17(19)6-5-16-4-3-11-24-21(16)20;20-16-5-6-17-15(12-16)4-3-14-2-1-9-22-19(14)18(17)13-7-10-21-11-8-13/h3-4,7-9,11,14,20H,2,5-6,10,12-13H2,1H3;1-2,5-7,9,12,18,21H,3-4,8,10-11H2. The number of benzene rings is 2. The highest BCUT2D eigenvalue weighted by molar-refractivity contribution is 6.31. The van der Waals surface area contributed by atoms with Crippen LogP contribution < -0.4 is 5.32 Å². The van der Waals surface area contributed by atoms with Gasteiger partial charge in [-0.2, -0.15) is 0 Å². The van der Waals surface area contributed by atoms with Gasteiger partial charge in [0.25, 0.3) is 0 Å². The Kier molecular flexibility index (Phi) is 10.5. The Morgan fingerprint density at radius 2 is 1.35 bits per heavy atom. The number of hydrogen-bond acceptors (Lipinski definition) is 5. The van der Waals surface area contributed by atoms with Gasteiger partial charge >= 0.3 is 6.09 Å². The summed E-state index contributed by atoms with van der Waals surface area (Å²) in [5.74, 6) is 0.411. The van der Waals surface area contributed by atoms with Crippen molar-refractivity contribution in [3.8, 4) is 0 Å². The maximum atomic E-state index is 12.0. The third-order valence-corrected chi connectivity index (χ3v) is 10.6. The molecule has 0 saturated carbocycles. The topological polar surface area (TPSA) is 67.3 Å². The first-order valence-corrected chi connectivity index (χ1v) is 18.2. The summed E-state index contributed by atoms with van der Waals surface area (Å²) in [6.45, 7) is 5.49. The number of pyridine rings is 2. The molecule has 2 unspecified atom stereocenters. The fraction of sp³-hybridized carbons (Fsp3) is 0.341. The Bertz CT molecular complexity index is 1900. The van der Waals surface area contributed by atoms with Crippen LogP contribution in [0.15, 0.2) is 96.4 Å². The highest BCUT2D eigenvalue weighted by atomic mass is 35.5. The van der Waals surface area contributed by atoms with Gasteiger partial charge in [-0.05, 0) is 122 Å². The number of nitrogens with one attached hydrogen (secondary N) is 1. The van der Waals surface area contributed by atoms with Crippen molar-refractivity contribution in [2.24, 2.45) is 0 Å². The zero-order chi connectivity index (χ0) is 33.7. The number of carbonyl (C=O) groups is 1. The summed E-state index contributed by atoms with van der Waals surface area (Å²) in [5, 5.41) is 5.01. The van der Waals surface area contributed by atoms with E-state index in [1.165, 1.54) is 50.2 Å². The van der Waals surface area contributed by atoms with Crippen molar-refractivity contribution >= 4 is 29.3 Å². The number of amides is 1. The molecule has 4 aromatic rings. The molecular weight excluding hydrogens is 651 g/mol. The van der Waals surface area contributed by atoms with Gasteiger partial charge < -0.3 is 15.0 Å². The molecule has 6 nitrogen and oxygen atoms in total. The van der Waals surface area contributed by atoms with Crippen LogP contribution in [0.4, 0.5) is 4.79 Å². The van der Waals surface area contributed by atoms with Gasteiger partial charge in [0.1, 0.15) is 0 Å². The van der Waals surface area contributed by atoms with E-state index >= 15 is 0 Å². The number of rotatable bonds is 3. The SMILES string of the molecule is CCOC(=O)N1CC=C(C2c3ccc(Cl)cc3CCc3cccnc32)CC1.Clc1ccc2c(c1)CCc1cccnc1C2C1=CCNCC1. The molecule has 49 heavy (non-hydrogen) atoms. The molecule has 8 heteroatoms. The van der Waals surface area contributed by atoms with Crippen LogP contribution in [0.3, 0.4) is 0 Å². The molecule has 2 aromatic carbocycles. The van der Waals surface area contributed by atoms with Gasteiger partial charge in [-0.3, -0.25) is 9.97 Å². The smallest absolute Gasteiger partial charge is 0.410 e. The van der Waals surface area contributed by atoms with E-state index in [0.29, 0.717) is 19.7 Å². The second-order valence-corrected chi connectivity index (χ2v) is 13.9. The first kappa shape index (κ1) is 33.5. The van der Waals surface area contributed by atoms with Crippen LogP contribution in [0.1, 0.15) is 76.4 Å². The predicted molar refractivity (Wildman–Crippen MR) is 197 cm³/mol. The van der Waals surface area contributed by atoms with Crippen LogP contribution in [-0.2, 0) is 30.4 Å². The second kappa shape index (κ2) is 15.3. The van der Waals surface area contributed by atoms with E-state index in [1.807, 2.05) is 37.5 Å². The number of aromatic nitrogens is 2. The van der Waals surface area contributed by atoms with E-state index in [1.54, 1.807) is 4.90 Å². The van der Waals surface area contributed by atoms with Crippen LogP contribution in [0.5, 0.6) is 0 Å². The number of aryl methyl sites for hydroxylation is 4. The Labute approximate surface area is 299 Å². The zero-order valence-electron chi connectivity index (χ0n) is 27.9. The van der Waals surface area contributed by atoms with Crippen molar-refractivity contribution in [3.63, 3.8) is 0 Å². The number of nitrogens with zero attached hydrogens (tertiary/aromatic N) is 3. The van der Waals surface area contributed by atoms with E-state index in [0.717, 1.165) is 67.4 Å². The van der Waals surface area contributed by atoms with E-state index in [4.69, 9.17) is 37.9 Å². The Morgan fingerprint density at radius 3 is 1.86 bits per heavy atom. The Morgan fingerprint density at radius 1 is 0.776 bits per heavy atom. The molecule has 1 amide bonds. The third kappa shape index (κ3) is 7.33. The molecule has 0 radical (unpaired) electrons. The summed E-state index contributed by atoms with van der Waals surface area (Å²) in [7, 11) is 0. The lowest BCUT2D eigenvalue weighted by atomic mass is 9.82. The van der Waals surface area contributed by atoms with Crippen molar-refractivity contribution < 1.29 is 9.53 Å². The van der Waals surface area contributed by atoms with E-state index in [-0.39, 0.29) is 17.9 Å². The molecular formula is C41H42Cl2N4O2. The molecule has 2 aromatic heterocycles. The Hall–Kier alpha value is -3.97. The summed E-state index contributed by atoms with van der Waals surface area (Å²) >= 11 is 12.5. The molecule has 4 aliphatic rings. The van der Waals surface area contributed by atoms with Gasteiger partial charge in [-0.15, -0.1) is 0 Å². The average molecular weight is 694 g/mol. The van der Waals surface area contributed by atoms with Crippen molar-refractivity contribution in [3.05, 3.63) is 151 Å². The minimum atomic E-state index is -0.237. The van der Waals surface area contributed by atoms with Crippen LogP contribution in [0.2, 0.25) is 10.0 Å². The molecule has 0 saturated heterocycles. The molecule has 0 fully saturated rings. The first-order valence-electron chi connectivity index (χ1n) is 17.4. The highest BCUT2D eigenvalue weighted by Crippen LogP contribution is 2.42. The largest absolute Gasteiger partial charge is 0.450 e. The van der Waals surface area contributed by atoms with Gasteiger partial charge in [0.2, 0.25) is 0 Å². The summed E-state index contributed by atoms with van der Waals surface area (Å²) in [6.07, 6.45) is 14.0. The monoisotopic (exact) mass is 692 g/mol. The second-order valence-electron chi connectivity index (χ2n) is 13.1. The maximum Gasteiger partial charge on any atom is 0.410 e. The summed E-state index contributed by atoms with van der Waals surface area (Å²) < 4.78 is 5.14. The molecule has 2 aliphatic heterocycles. The van der Waals surface area contributed by atoms with Crippen molar-refractivity contribution in [1.29, 1.82) is 0 Å². The minimum absolute atomic E-state index is 0.125. The normalized spacial score (nSPS) is 19.6. The molecule has 2 atom stereocenters. The average Bonchev–Trinajstić information content (AvgIpc) is 3.40.